The molecule has 2 atom stereocenters. The molecule has 2 rings (SSSR count). The second-order valence-electron chi connectivity index (χ2n) is 5.19. The first kappa shape index (κ1) is 13.8. The average Bonchev–Trinajstić information content (AvgIpc) is 2.45. The van der Waals surface area contributed by atoms with Crippen LogP contribution < -0.4 is 10.6 Å². The highest BCUT2D eigenvalue weighted by molar-refractivity contribution is 5.38. The van der Waals surface area contributed by atoms with Crippen molar-refractivity contribution >= 4 is 5.95 Å². The Bertz CT molecular complexity index is 479. The van der Waals surface area contributed by atoms with Crippen LogP contribution in [0.3, 0.4) is 0 Å². The van der Waals surface area contributed by atoms with Crippen molar-refractivity contribution in [2.75, 3.05) is 18.0 Å². The lowest BCUT2D eigenvalue weighted by Gasteiger charge is -2.38. The molecule has 0 spiro atoms. The molecule has 102 valence electrons. The number of piperidine rings is 1. The van der Waals surface area contributed by atoms with Gasteiger partial charge in [-0.25, -0.2) is 9.97 Å². The van der Waals surface area contributed by atoms with E-state index in [-0.39, 0.29) is 6.04 Å². The second kappa shape index (κ2) is 5.98. The topological polar surface area (TPSA) is 78.8 Å². The molecule has 5 heteroatoms. The molecule has 1 fully saturated rings. The molecule has 2 heterocycles. The van der Waals surface area contributed by atoms with Crippen molar-refractivity contribution < 1.29 is 0 Å². The number of nitrogens with zero attached hydrogens (tertiary/aromatic N) is 4. The molecule has 19 heavy (non-hydrogen) atoms. The molecule has 1 saturated heterocycles. The minimum atomic E-state index is 0.284. The molecule has 2 unspecified atom stereocenters. The summed E-state index contributed by atoms with van der Waals surface area (Å²) in [6, 6.07) is 4.08. The van der Waals surface area contributed by atoms with Crippen LogP contribution in [-0.4, -0.2) is 29.1 Å². The van der Waals surface area contributed by atoms with Gasteiger partial charge in [-0.05, 0) is 31.7 Å². The first-order valence-corrected chi connectivity index (χ1v) is 6.90. The van der Waals surface area contributed by atoms with Crippen molar-refractivity contribution in [3.05, 3.63) is 17.5 Å². The van der Waals surface area contributed by atoms with Gasteiger partial charge in [0.1, 0.15) is 11.8 Å². The van der Waals surface area contributed by atoms with E-state index in [0.717, 1.165) is 31.0 Å². The number of aromatic nitrogens is 2. The Hall–Kier alpha value is -1.67. The van der Waals surface area contributed by atoms with Gasteiger partial charge < -0.3 is 10.6 Å². The van der Waals surface area contributed by atoms with Gasteiger partial charge >= 0.3 is 0 Å². The van der Waals surface area contributed by atoms with Gasteiger partial charge in [0.25, 0.3) is 0 Å². The van der Waals surface area contributed by atoms with Crippen molar-refractivity contribution in [1.29, 1.82) is 5.26 Å². The lowest BCUT2D eigenvalue weighted by Crippen LogP contribution is -2.47. The lowest BCUT2D eigenvalue weighted by atomic mass is 9.89. The fourth-order valence-corrected chi connectivity index (χ4v) is 2.73. The normalized spacial score (nSPS) is 23.2. The Kier molecular flexibility index (Phi) is 4.33. The van der Waals surface area contributed by atoms with Crippen LogP contribution in [0.15, 0.2) is 6.07 Å². The van der Waals surface area contributed by atoms with Crippen molar-refractivity contribution in [1.82, 2.24) is 9.97 Å². The van der Waals surface area contributed by atoms with Crippen LogP contribution >= 0.6 is 0 Å². The fraction of sp³-hybridized carbons (Fsp3) is 0.643. The van der Waals surface area contributed by atoms with Gasteiger partial charge in [0.05, 0.1) is 0 Å². The largest absolute Gasteiger partial charge is 0.337 e. The van der Waals surface area contributed by atoms with E-state index in [1.165, 1.54) is 6.42 Å². The van der Waals surface area contributed by atoms with E-state index in [4.69, 9.17) is 11.0 Å². The Morgan fingerprint density at radius 2 is 2.32 bits per heavy atom. The highest BCUT2D eigenvalue weighted by atomic mass is 15.3. The fourth-order valence-electron chi connectivity index (χ4n) is 2.73. The summed E-state index contributed by atoms with van der Waals surface area (Å²) in [7, 11) is 0. The Morgan fingerprint density at radius 3 is 2.95 bits per heavy atom. The molecule has 5 nitrogen and oxygen atoms in total. The van der Waals surface area contributed by atoms with Crippen LogP contribution in [-0.2, 0) is 0 Å². The third-order valence-electron chi connectivity index (χ3n) is 3.89. The van der Waals surface area contributed by atoms with Crippen LogP contribution in [0.5, 0.6) is 0 Å². The molecule has 0 saturated carbocycles. The van der Waals surface area contributed by atoms with E-state index in [1.807, 2.05) is 6.92 Å². The van der Waals surface area contributed by atoms with E-state index in [0.29, 0.717) is 18.2 Å². The highest BCUT2D eigenvalue weighted by Gasteiger charge is 2.28. The number of nitrogens with two attached hydrogens (primary N) is 1. The standard InChI is InChI=1S/C14H21N5/c1-3-11-4-5-19(13(7-11)9-16)14-17-10(2)6-12(8-15)18-14/h6,11,13H,3-5,7,9,16H2,1-2H3. The molecule has 2 N–H and O–H groups in total. The number of nitriles is 1. The van der Waals surface area contributed by atoms with E-state index >= 15 is 0 Å². The summed E-state index contributed by atoms with van der Waals surface area (Å²) in [4.78, 5) is 11.0. The summed E-state index contributed by atoms with van der Waals surface area (Å²) in [5.41, 5.74) is 7.15. The molecule has 0 radical (unpaired) electrons. The zero-order valence-corrected chi connectivity index (χ0v) is 11.6. The van der Waals surface area contributed by atoms with Gasteiger partial charge in [-0.3, -0.25) is 0 Å². The molecule has 1 aliphatic rings. The van der Waals surface area contributed by atoms with Crippen molar-refractivity contribution in [2.24, 2.45) is 11.7 Å². The van der Waals surface area contributed by atoms with Gasteiger partial charge in [0.2, 0.25) is 5.95 Å². The quantitative estimate of drug-likeness (QED) is 0.892. The van der Waals surface area contributed by atoms with Crippen LogP contribution in [0.4, 0.5) is 5.95 Å². The molecular weight excluding hydrogens is 238 g/mol. The molecule has 0 amide bonds. The summed E-state index contributed by atoms with van der Waals surface area (Å²) >= 11 is 0. The lowest BCUT2D eigenvalue weighted by molar-refractivity contribution is 0.332. The highest BCUT2D eigenvalue weighted by Crippen LogP contribution is 2.27. The first-order valence-electron chi connectivity index (χ1n) is 6.90. The zero-order chi connectivity index (χ0) is 13.8. The van der Waals surface area contributed by atoms with Gasteiger partial charge in [-0.15, -0.1) is 0 Å². The molecule has 1 aromatic rings. The summed E-state index contributed by atoms with van der Waals surface area (Å²) in [5, 5.41) is 9.00. The van der Waals surface area contributed by atoms with Crippen molar-refractivity contribution in [3.8, 4) is 6.07 Å². The summed E-state index contributed by atoms with van der Waals surface area (Å²) < 4.78 is 0. The predicted octanol–water partition coefficient (Wildman–Crippen LogP) is 1.61. The summed E-state index contributed by atoms with van der Waals surface area (Å²) in [5.74, 6) is 1.39. The maximum Gasteiger partial charge on any atom is 0.227 e. The van der Waals surface area contributed by atoms with Crippen LogP contribution in [0.25, 0.3) is 0 Å². The van der Waals surface area contributed by atoms with Gasteiger partial charge in [0.15, 0.2) is 0 Å². The minimum Gasteiger partial charge on any atom is -0.337 e. The van der Waals surface area contributed by atoms with E-state index in [9.17, 15) is 0 Å². The molecule has 1 aromatic heterocycles. The second-order valence-corrected chi connectivity index (χ2v) is 5.19. The Labute approximate surface area is 114 Å². The predicted molar refractivity (Wildman–Crippen MR) is 74.7 cm³/mol. The Morgan fingerprint density at radius 1 is 1.53 bits per heavy atom. The molecule has 1 aliphatic heterocycles. The van der Waals surface area contributed by atoms with E-state index < -0.39 is 0 Å². The Balaban J connectivity index is 2.25. The van der Waals surface area contributed by atoms with Crippen LogP contribution in [0.1, 0.15) is 37.6 Å². The van der Waals surface area contributed by atoms with Crippen molar-refractivity contribution in [3.63, 3.8) is 0 Å². The molecule has 0 aliphatic carbocycles. The van der Waals surface area contributed by atoms with Gasteiger partial charge in [-0.1, -0.05) is 13.3 Å². The SMILES string of the molecule is CCC1CCN(c2nc(C)cc(C#N)n2)C(CN)C1. The third kappa shape index (κ3) is 3.02. The van der Waals surface area contributed by atoms with Crippen LogP contribution in [0.2, 0.25) is 0 Å². The molecular formula is C14H21N5. The summed E-state index contributed by atoms with van der Waals surface area (Å²) in [6.45, 7) is 5.65. The number of aryl methyl sites for hydroxylation is 1. The maximum atomic E-state index is 9.00. The zero-order valence-electron chi connectivity index (χ0n) is 11.6. The van der Waals surface area contributed by atoms with E-state index in [2.05, 4.69) is 27.9 Å². The van der Waals surface area contributed by atoms with Crippen LogP contribution in [0, 0.1) is 24.2 Å². The first-order chi connectivity index (χ1) is 9.17. The third-order valence-corrected chi connectivity index (χ3v) is 3.89. The van der Waals surface area contributed by atoms with E-state index in [1.54, 1.807) is 6.07 Å². The average molecular weight is 259 g/mol. The monoisotopic (exact) mass is 259 g/mol. The smallest absolute Gasteiger partial charge is 0.227 e. The molecule has 0 aromatic carbocycles. The number of hydrogen-bond donors (Lipinski definition) is 1. The molecule has 0 bridgehead atoms. The maximum absolute atomic E-state index is 9.00. The number of rotatable bonds is 3. The van der Waals surface area contributed by atoms with Gasteiger partial charge in [-0.2, -0.15) is 5.26 Å². The number of hydrogen-bond acceptors (Lipinski definition) is 5. The number of anilines is 1. The van der Waals surface area contributed by atoms with Gasteiger partial charge in [0, 0.05) is 24.8 Å². The van der Waals surface area contributed by atoms with Crippen molar-refractivity contribution in [2.45, 2.75) is 39.2 Å². The minimum absolute atomic E-state index is 0.284. The summed E-state index contributed by atoms with van der Waals surface area (Å²) in [6.07, 6.45) is 3.43.